The number of rotatable bonds is 4. The molecule has 0 bridgehead atoms. The standard InChI is InChI=1S/C17H25BrN2O/c1-14(15-7-9-16(18)10-8-15)19-17(21)13-20-11-5-3-2-4-6-12-20/h7-10,14H,2-6,11-13H2,1H3,(H,19,21)/t14-/m1/s1. The van der Waals surface area contributed by atoms with Crippen LogP contribution in [0.2, 0.25) is 0 Å². The normalized spacial score (nSPS) is 18.6. The molecule has 1 aliphatic heterocycles. The Morgan fingerprint density at radius 1 is 1.14 bits per heavy atom. The summed E-state index contributed by atoms with van der Waals surface area (Å²) in [4.78, 5) is 14.5. The second-order valence-electron chi connectivity index (χ2n) is 5.88. The van der Waals surface area contributed by atoms with E-state index in [1.54, 1.807) is 0 Å². The van der Waals surface area contributed by atoms with E-state index in [1.165, 1.54) is 32.1 Å². The van der Waals surface area contributed by atoms with Crippen molar-refractivity contribution in [1.82, 2.24) is 10.2 Å². The molecule has 1 saturated heterocycles. The van der Waals surface area contributed by atoms with E-state index in [2.05, 4.69) is 26.1 Å². The molecule has 1 fully saturated rings. The molecule has 1 heterocycles. The van der Waals surface area contributed by atoms with Crippen molar-refractivity contribution in [3.05, 3.63) is 34.3 Å². The Morgan fingerprint density at radius 2 is 1.71 bits per heavy atom. The van der Waals surface area contributed by atoms with Crippen LogP contribution in [0.1, 0.15) is 50.6 Å². The van der Waals surface area contributed by atoms with Gasteiger partial charge >= 0.3 is 0 Å². The second kappa shape index (κ2) is 8.54. The van der Waals surface area contributed by atoms with Gasteiger partial charge in [-0.1, -0.05) is 47.3 Å². The average Bonchev–Trinajstić information content (AvgIpc) is 2.42. The maximum Gasteiger partial charge on any atom is 0.234 e. The summed E-state index contributed by atoms with van der Waals surface area (Å²) in [5, 5.41) is 3.10. The molecule has 1 amide bonds. The minimum Gasteiger partial charge on any atom is -0.348 e. The quantitative estimate of drug-likeness (QED) is 0.891. The van der Waals surface area contributed by atoms with Crippen LogP contribution in [0, 0.1) is 0 Å². The molecule has 0 unspecified atom stereocenters. The molecule has 0 radical (unpaired) electrons. The lowest BCUT2D eigenvalue weighted by Gasteiger charge is -2.24. The Bertz CT molecular complexity index is 439. The first-order valence-corrected chi connectivity index (χ1v) is 8.71. The number of hydrogen-bond donors (Lipinski definition) is 1. The third-order valence-corrected chi connectivity index (χ3v) is 4.59. The van der Waals surface area contributed by atoms with Crippen molar-refractivity contribution in [2.75, 3.05) is 19.6 Å². The third-order valence-electron chi connectivity index (χ3n) is 4.06. The van der Waals surface area contributed by atoms with Crippen LogP contribution in [0.4, 0.5) is 0 Å². The fourth-order valence-electron chi connectivity index (χ4n) is 2.80. The number of carbonyl (C=O) groups excluding carboxylic acids is 1. The van der Waals surface area contributed by atoms with Gasteiger partial charge in [-0.3, -0.25) is 9.69 Å². The van der Waals surface area contributed by atoms with Crippen molar-refractivity contribution < 1.29 is 4.79 Å². The Morgan fingerprint density at radius 3 is 2.33 bits per heavy atom. The van der Waals surface area contributed by atoms with Gasteiger partial charge in [0.1, 0.15) is 0 Å². The van der Waals surface area contributed by atoms with Crippen LogP contribution in [0.3, 0.4) is 0 Å². The molecule has 0 aliphatic carbocycles. The van der Waals surface area contributed by atoms with E-state index in [0.29, 0.717) is 6.54 Å². The second-order valence-corrected chi connectivity index (χ2v) is 6.80. The largest absolute Gasteiger partial charge is 0.348 e. The number of amides is 1. The number of benzene rings is 1. The highest BCUT2D eigenvalue weighted by atomic mass is 79.9. The highest BCUT2D eigenvalue weighted by molar-refractivity contribution is 9.10. The molecule has 1 aliphatic rings. The molecule has 21 heavy (non-hydrogen) atoms. The van der Waals surface area contributed by atoms with Crippen molar-refractivity contribution in [2.24, 2.45) is 0 Å². The predicted molar refractivity (Wildman–Crippen MR) is 90.2 cm³/mol. The predicted octanol–water partition coefficient (Wildman–Crippen LogP) is 3.89. The van der Waals surface area contributed by atoms with Crippen molar-refractivity contribution in [1.29, 1.82) is 0 Å². The van der Waals surface area contributed by atoms with Gasteiger partial charge in [-0.15, -0.1) is 0 Å². The molecule has 2 rings (SSSR count). The number of nitrogens with zero attached hydrogens (tertiary/aromatic N) is 1. The minimum absolute atomic E-state index is 0.0559. The molecule has 116 valence electrons. The molecule has 0 aromatic heterocycles. The first kappa shape index (κ1) is 16.5. The Balaban J connectivity index is 1.81. The average molecular weight is 353 g/mol. The van der Waals surface area contributed by atoms with Crippen molar-refractivity contribution in [3.8, 4) is 0 Å². The molecule has 4 heteroatoms. The lowest BCUT2D eigenvalue weighted by Crippen LogP contribution is -2.39. The fraction of sp³-hybridized carbons (Fsp3) is 0.588. The van der Waals surface area contributed by atoms with Gasteiger partial charge in [-0.05, 0) is 50.6 Å². The zero-order valence-electron chi connectivity index (χ0n) is 12.8. The number of likely N-dealkylation sites (tertiary alicyclic amines) is 1. The maximum atomic E-state index is 12.2. The highest BCUT2D eigenvalue weighted by Crippen LogP contribution is 2.16. The summed E-state index contributed by atoms with van der Waals surface area (Å²) in [6.45, 7) is 4.68. The summed E-state index contributed by atoms with van der Waals surface area (Å²) < 4.78 is 1.06. The van der Waals surface area contributed by atoms with Crippen molar-refractivity contribution in [2.45, 2.75) is 45.1 Å². The van der Waals surface area contributed by atoms with Crippen molar-refractivity contribution >= 4 is 21.8 Å². The molecular formula is C17H25BrN2O. The number of hydrogen-bond acceptors (Lipinski definition) is 2. The molecule has 0 saturated carbocycles. The van der Waals surface area contributed by atoms with Gasteiger partial charge < -0.3 is 5.32 Å². The van der Waals surface area contributed by atoms with E-state index in [0.717, 1.165) is 23.1 Å². The Kier molecular flexibility index (Phi) is 6.71. The van der Waals surface area contributed by atoms with E-state index < -0.39 is 0 Å². The van der Waals surface area contributed by atoms with Gasteiger partial charge in [0.15, 0.2) is 0 Å². The maximum absolute atomic E-state index is 12.2. The zero-order chi connectivity index (χ0) is 15.1. The number of halogens is 1. The fourth-order valence-corrected chi connectivity index (χ4v) is 3.06. The van der Waals surface area contributed by atoms with Crippen LogP contribution in [0.25, 0.3) is 0 Å². The minimum atomic E-state index is 0.0559. The molecule has 3 nitrogen and oxygen atoms in total. The summed E-state index contributed by atoms with van der Waals surface area (Å²) in [5.41, 5.74) is 1.14. The van der Waals surface area contributed by atoms with Crippen LogP contribution in [0.5, 0.6) is 0 Å². The first-order valence-electron chi connectivity index (χ1n) is 7.92. The van der Waals surface area contributed by atoms with E-state index in [1.807, 2.05) is 31.2 Å². The molecule has 1 aromatic carbocycles. The van der Waals surface area contributed by atoms with Gasteiger partial charge in [0, 0.05) is 4.47 Å². The van der Waals surface area contributed by atoms with Crippen LogP contribution in [-0.4, -0.2) is 30.4 Å². The Hall–Kier alpha value is -0.870. The van der Waals surface area contributed by atoms with Gasteiger partial charge in [0.05, 0.1) is 12.6 Å². The summed E-state index contributed by atoms with van der Waals surface area (Å²) in [6, 6.07) is 8.17. The monoisotopic (exact) mass is 352 g/mol. The van der Waals surface area contributed by atoms with Gasteiger partial charge in [0.25, 0.3) is 0 Å². The smallest absolute Gasteiger partial charge is 0.234 e. The summed E-state index contributed by atoms with van der Waals surface area (Å²) in [5.74, 6) is 0.131. The molecule has 1 aromatic rings. The SMILES string of the molecule is C[C@@H](NC(=O)CN1CCCCCCC1)c1ccc(Br)cc1. The number of carbonyl (C=O) groups is 1. The Labute approximate surface area is 136 Å². The van der Waals surface area contributed by atoms with E-state index in [9.17, 15) is 4.79 Å². The first-order chi connectivity index (χ1) is 10.1. The van der Waals surface area contributed by atoms with Gasteiger partial charge in [0.2, 0.25) is 5.91 Å². The van der Waals surface area contributed by atoms with Crippen molar-refractivity contribution in [3.63, 3.8) is 0 Å². The highest BCUT2D eigenvalue weighted by Gasteiger charge is 2.14. The number of nitrogens with one attached hydrogen (secondary N) is 1. The van der Waals surface area contributed by atoms with Crippen LogP contribution in [-0.2, 0) is 4.79 Å². The molecular weight excluding hydrogens is 328 g/mol. The van der Waals surface area contributed by atoms with E-state index >= 15 is 0 Å². The molecule has 1 atom stereocenters. The lowest BCUT2D eigenvalue weighted by molar-refractivity contribution is -0.123. The van der Waals surface area contributed by atoms with Gasteiger partial charge in [-0.2, -0.15) is 0 Å². The molecule has 1 N–H and O–H groups in total. The zero-order valence-corrected chi connectivity index (χ0v) is 14.4. The van der Waals surface area contributed by atoms with Crippen LogP contribution >= 0.6 is 15.9 Å². The third kappa shape index (κ3) is 5.79. The van der Waals surface area contributed by atoms with Gasteiger partial charge in [-0.25, -0.2) is 0 Å². The topological polar surface area (TPSA) is 32.3 Å². The van der Waals surface area contributed by atoms with Crippen LogP contribution < -0.4 is 5.32 Å². The van der Waals surface area contributed by atoms with E-state index in [4.69, 9.17) is 0 Å². The summed E-state index contributed by atoms with van der Waals surface area (Å²) >= 11 is 3.43. The summed E-state index contributed by atoms with van der Waals surface area (Å²) in [7, 11) is 0. The van der Waals surface area contributed by atoms with Crippen LogP contribution in [0.15, 0.2) is 28.7 Å². The van der Waals surface area contributed by atoms with E-state index in [-0.39, 0.29) is 11.9 Å². The lowest BCUT2D eigenvalue weighted by atomic mass is 10.1. The summed E-state index contributed by atoms with van der Waals surface area (Å²) in [6.07, 6.45) is 6.38. The molecule has 0 spiro atoms.